The summed E-state index contributed by atoms with van der Waals surface area (Å²) in [4.78, 5) is 3.04. The van der Waals surface area contributed by atoms with E-state index < -0.39 is 9.84 Å². The number of hydrogen-bond acceptors (Lipinski definition) is 2. The van der Waals surface area contributed by atoms with Crippen molar-refractivity contribution >= 4 is 32.3 Å². The van der Waals surface area contributed by atoms with Gasteiger partial charge in [-0.15, -0.1) is 0 Å². The Labute approximate surface area is 99.3 Å². The highest BCUT2D eigenvalue weighted by Crippen LogP contribution is 2.23. The van der Waals surface area contributed by atoms with E-state index in [0.29, 0.717) is 5.02 Å². The van der Waals surface area contributed by atoms with Crippen LogP contribution in [0.3, 0.4) is 0 Å². The molecule has 3 nitrogen and oxygen atoms in total. The quantitative estimate of drug-likeness (QED) is 0.919. The molecule has 0 saturated carbocycles. The molecule has 0 aliphatic heterocycles. The first-order valence-electron chi connectivity index (χ1n) is 4.98. The van der Waals surface area contributed by atoms with E-state index in [4.69, 9.17) is 11.6 Å². The Morgan fingerprint density at radius 2 is 2.12 bits per heavy atom. The summed E-state index contributed by atoms with van der Waals surface area (Å²) in [6, 6.07) is 5.41. The average molecular weight is 258 g/mol. The first kappa shape index (κ1) is 11.5. The molecule has 0 bridgehead atoms. The van der Waals surface area contributed by atoms with Crippen LogP contribution < -0.4 is 0 Å². The number of aromatic nitrogens is 1. The van der Waals surface area contributed by atoms with Crippen LogP contribution >= 0.6 is 11.6 Å². The Balaban J connectivity index is 2.50. The summed E-state index contributed by atoms with van der Waals surface area (Å²) < 4.78 is 23.1. The van der Waals surface area contributed by atoms with Crippen LogP contribution in [0.15, 0.2) is 24.4 Å². The van der Waals surface area contributed by atoms with Crippen molar-refractivity contribution in [3.05, 3.63) is 35.0 Å². The van der Waals surface area contributed by atoms with Crippen LogP contribution in [0.1, 0.15) is 12.5 Å². The standard InChI is InChI=1S/C11H12ClNO2S/c1-2-16(14,15)7-8-6-13-11-4-3-9(12)5-10(8)11/h3-6,13H,2,7H2,1H3. The van der Waals surface area contributed by atoms with Gasteiger partial charge in [-0.05, 0) is 23.8 Å². The summed E-state index contributed by atoms with van der Waals surface area (Å²) in [5.41, 5.74) is 1.69. The van der Waals surface area contributed by atoms with Gasteiger partial charge in [0.15, 0.2) is 9.84 Å². The molecule has 5 heteroatoms. The maximum absolute atomic E-state index is 11.5. The second-order valence-corrected chi connectivity index (χ2v) is 6.47. The number of benzene rings is 1. The van der Waals surface area contributed by atoms with Gasteiger partial charge < -0.3 is 4.98 Å². The van der Waals surface area contributed by atoms with Crippen LogP contribution in [0.5, 0.6) is 0 Å². The summed E-state index contributed by atoms with van der Waals surface area (Å²) in [6.45, 7) is 1.65. The van der Waals surface area contributed by atoms with Crippen molar-refractivity contribution < 1.29 is 8.42 Å². The molecule has 0 spiro atoms. The van der Waals surface area contributed by atoms with Crippen molar-refractivity contribution in [1.82, 2.24) is 4.98 Å². The van der Waals surface area contributed by atoms with E-state index >= 15 is 0 Å². The monoisotopic (exact) mass is 257 g/mol. The minimum absolute atomic E-state index is 0.0594. The molecule has 0 saturated heterocycles. The van der Waals surface area contributed by atoms with Crippen molar-refractivity contribution in [3.8, 4) is 0 Å². The van der Waals surface area contributed by atoms with Crippen molar-refractivity contribution in [2.24, 2.45) is 0 Å². The number of hydrogen-bond donors (Lipinski definition) is 1. The Morgan fingerprint density at radius 3 is 2.81 bits per heavy atom. The van der Waals surface area contributed by atoms with Crippen LogP contribution in [-0.4, -0.2) is 19.2 Å². The lowest BCUT2D eigenvalue weighted by Crippen LogP contribution is -2.05. The minimum Gasteiger partial charge on any atom is -0.361 e. The smallest absolute Gasteiger partial charge is 0.154 e. The van der Waals surface area contributed by atoms with Gasteiger partial charge in [0.05, 0.1) is 5.75 Å². The van der Waals surface area contributed by atoms with Crippen molar-refractivity contribution in [2.75, 3.05) is 5.75 Å². The molecule has 0 unspecified atom stereocenters. The van der Waals surface area contributed by atoms with Crippen molar-refractivity contribution in [1.29, 1.82) is 0 Å². The number of fused-ring (bicyclic) bond motifs is 1. The van der Waals surface area contributed by atoms with Crippen molar-refractivity contribution in [3.63, 3.8) is 0 Å². The summed E-state index contributed by atoms with van der Waals surface area (Å²) in [5.74, 6) is 0.212. The first-order chi connectivity index (χ1) is 7.52. The summed E-state index contributed by atoms with van der Waals surface area (Å²) in [6.07, 6.45) is 1.73. The summed E-state index contributed by atoms with van der Waals surface area (Å²) in [5, 5.41) is 1.49. The first-order valence-corrected chi connectivity index (χ1v) is 7.18. The van der Waals surface area contributed by atoms with E-state index in [9.17, 15) is 8.42 Å². The second kappa shape index (κ2) is 4.11. The average Bonchev–Trinajstić information content (AvgIpc) is 2.61. The van der Waals surface area contributed by atoms with Crippen molar-refractivity contribution in [2.45, 2.75) is 12.7 Å². The van der Waals surface area contributed by atoms with Crippen LogP contribution in [-0.2, 0) is 15.6 Å². The lowest BCUT2D eigenvalue weighted by Gasteiger charge is -2.00. The minimum atomic E-state index is -3.01. The highest BCUT2D eigenvalue weighted by atomic mass is 35.5. The van der Waals surface area contributed by atoms with Gasteiger partial charge in [0.1, 0.15) is 0 Å². The largest absolute Gasteiger partial charge is 0.361 e. The third-order valence-electron chi connectivity index (χ3n) is 2.54. The molecule has 0 atom stereocenters. The lowest BCUT2D eigenvalue weighted by atomic mass is 10.2. The van der Waals surface area contributed by atoms with Gasteiger partial charge in [-0.1, -0.05) is 18.5 Å². The maximum atomic E-state index is 11.5. The van der Waals surface area contributed by atoms with E-state index in [2.05, 4.69) is 4.98 Å². The van der Waals surface area contributed by atoms with Gasteiger partial charge in [0, 0.05) is 27.9 Å². The van der Waals surface area contributed by atoms with E-state index in [-0.39, 0.29) is 11.5 Å². The molecule has 0 fully saturated rings. The number of H-pyrrole nitrogens is 1. The maximum Gasteiger partial charge on any atom is 0.154 e. The number of halogens is 1. The molecule has 0 radical (unpaired) electrons. The van der Waals surface area contributed by atoms with Crippen LogP contribution in [0, 0.1) is 0 Å². The van der Waals surface area contributed by atoms with Gasteiger partial charge in [-0.25, -0.2) is 8.42 Å². The fourth-order valence-corrected chi connectivity index (χ4v) is 2.70. The lowest BCUT2D eigenvalue weighted by molar-refractivity contribution is 0.596. The van der Waals surface area contributed by atoms with E-state index in [1.807, 2.05) is 6.07 Å². The Hall–Kier alpha value is -1.00. The molecule has 16 heavy (non-hydrogen) atoms. The Bertz CT molecular complexity index is 616. The number of sulfone groups is 1. The summed E-state index contributed by atoms with van der Waals surface area (Å²) >= 11 is 5.89. The zero-order chi connectivity index (χ0) is 11.8. The van der Waals surface area contributed by atoms with E-state index in [1.165, 1.54) is 0 Å². The van der Waals surface area contributed by atoms with Crippen LogP contribution in [0.25, 0.3) is 10.9 Å². The summed E-state index contributed by atoms with van der Waals surface area (Å²) in [7, 11) is -3.01. The molecule has 0 aliphatic carbocycles. The highest BCUT2D eigenvalue weighted by Gasteiger charge is 2.12. The third kappa shape index (κ3) is 2.23. The number of aromatic amines is 1. The van der Waals surface area contributed by atoms with Gasteiger partial charge in [0.25, 0.3) is 0 Å². The normalized spacial score (nSPS) is 12.1. The van der Waals surface area contributed by atoms with Gasteiger partial charge >= 0.3 is 0 Å². The van der Waals surface area contributed by atoms with Crippen LogP contribution in [0.4, 0.5) is 0 Å². The molecule has 2 rings (SSSR count). The molecule has 1 aromatic heterocycles. The Morgan fingerprint density at radius 1 is 1.38 bits per heavy atom. The fraction of sp³-hybridized carbons (Fsp3) is 0.273. The molecular formula is C11H12ClNO2S. The zero-order valence-corrected chi connectivity index (χ0v) is 10.4. The molecule has 0 aliphatic rings. The zero-order valence-electron chi connectivity index (χ0n) is 8.83. The van der Waals surface area contributed by atoms with Crippen LogP contribution in [0.2, 0.25) is 5.02 Å². The predicted molar refractivity (Wildman–Crippen MR) is 66.5 cm³/mol. The predicted octanol–water partition coefficient (Wildman–Crippen LogP) is 2.76. The van der Waals surface area contributed by atoms with Gasteiger partial charge in [-0.2, -0.15) is 0 Å². The van der Waals surface area contributed by atoms with E-state index in [0.717, 1.165) is 16.5 Å². The Kier molecular flexibility index (Phi) is 2.95. The topological polar surface area (TPSA) is 49.9 Å². The molecule has 86 valence electrons. The molecular weight excluding hydrogens is 246 g/mol. The SMILES string of the molecule is CCS(=O)(=O)Cc1c[nH]c2ccc(Cl)cc12. The van der Waals surface area contributed by atoms with Gasteiger partial charge in [0.2, 0.25) is 0 Å². The second-order valence-electron chi connectivity index (χ2n) is 3.68. The molecule has 1 heterocycles. The number of nitrogens with one attached hydrogen (secondary N) is 1. The highest BCUT2D eigenvalue weighted by molar-refractivity contribution is 7.90. The fourth-order valence-electron chi connectivity index (χ4n) is 1.61. The number of rotatable bonds is 3. The van der Waals surface area contributed by atoms with E-state index in [1.54, 1.807) is 25.3 Å². The third-order valence-corrected chi connectivity index (χ3v) is 4.41. The molecule has 0 amide bonds. The molecule has 2 aromatic rings. The van der Waals surface area contributed by atoms with Gasteiger partial charge in [-0.3, -0.25) is 0 Å². The molecule has 1 N–H and O–H groups in total. The molecule has 1 aromatic carbocycles.